The summed E-state index contributed by atoms with van der Waals surface area (Å²) in [4.78, 5) is 0.247. The third-order valence-electron chi connectivity index (χ3n) is 2.63. The number of alkyl halides is 3. The Morgan fingerprint density at radius 3 is 2.19 bits per heavy atom. The molecule has 2 rings (SSSR count). The summed E-state index contributed by atoms with van der Waals surface area (Å²) < 4.78 is 43.5. The van der Waals surface area contributed by atoms with E-state index in [1.54, 1.807) is 18.2 Å². The van der Waals surface area contributed by atoms with Gasteiger partial charge in [0.25, 0.3) is 0 Å². The average Bonchev–Trinajstić information content (AvgIpc) is 2.40. The maximum atomic E-state index is 12.5. The molecule has 110 valence electrons. The van der Waals surface area contributed by atoms with Crippen LogP contribution in [-0.2, 0) is 6.18 Å². The molecule has 2 N–H and O–H groups in total. The Morgan fingerprint density at radius 2 is 1.71 bits per heavy atom. The van der Waals surface area contributed by atoms with E-state index >= 15 is 0 Å². The molecule has 0 radical (unpaired) electrons. The van der Waals surface area contributed by atoms with Gasteiger partial charge in [0.05, 0.1) is 10.0 Å². The van der Waals surface area contributed by atoms with Crippen molar-refractivity contribution in [3.05, 3.63) is 58.1 Å². The fraction of sp³-hybridized carbons (Fsp3) is 0.0714. The molecule has 0 aromatic heterocycles. The summed E-state index contributed by atoms with van der Waals surface area (Å²) in [7, 11) is 0. The first-order valence-corrected chi connectivity index (χ1v) is 6.92. The van der Waals surface area contributed by atoms with Gasteiger partial charge in [-0.1, -0.05) is 12.2 Å². The van der Waals surface area contributed by atoms with Gasteiger partial charge in [0.1, 0.15) is 16.5 Å². The van der Waals surface area contributed by atoms with Crippen LogP contribution in [0.15, 0.2) is 46.9 Å². The first-order chi connectivity index (χ1) is 9.77. The smallest absolute Gasteiger partial charge is 0.416 e. The summed E-state index contributed by atoms with van der Waals surface area (Å²) in [6.07, 6.45) is -4.36. The number of hydrogen-bond donors (Lipinski definition) is 1. The van der Waals surface area contributed by atoms with E-state index in [-0.39, 0.29) is 4.99 Å². The highest BCUT2D eigenvalue weighted by Crippen LogP contribution is 2.33. The standard InChI is InChI=1S/C14H9BrF3NOS/c15-11-7-8(13(19)21)1-6-12(11)20-10-4-2-9(3-5-10)14(16,17)18/h1-7H,(H2,19,21). The Hall–Kier alpha value is -1.60. The monoisotopic (exact) mass is 375 g/mol. The van der Waals surface area contributed by atoms with Gasteiger partial charge in [-0.05, 0) is 58.4 Å². The van der Waals surface area contributed by atoms with Crippen molar-refractivity contribution < 1.29 is 17.9 Å². The van der Waals surface area contributed by atoms with Crippen LogP contribution < -0.4 is 10.5 Å². The van der Waals surface area contributed by atoms with Crippen LogP contribution in [0.25, 0.3) is 0 Å². The lowest BCUT2D eigenvalue weighted by Crippen LogP contribution is -2.09. The summed E-state index contributed by atoms with van der Waals surface area (Å²) in [5, 5.41) is 0. The second-order valence-electron chi connectivity index (χ2n) is 4.13. The number of hydrogen-bond acceptors (Lipinski definition) is 2. The topological polar surface area (TPSA) is 35.2 Å². The zero-order chi connectivity index (χ0) is 15.6. The first kappa shape index (κ1) is 15.8. The van der Waals surface area contributed by atoms with Crippen LogP contribution in [0, 0.1) is 0 Å². The van der Waals surface area contributed by atoms with Crippen LogP contribution in [0.3, 0.4) is 0 Å². The van der Waals surface area contributed by atoms with E-state index < -0.39 is 11.7 Å². The molecule has 0 atom stereocenters. The summed E-state index contributed by atoms with van der Waals surface area (Å²) in [5.74, 6) is 0.751. The molecule has 0 aliphatic heterocycles. The molecular weight excluding hydrogens is 367 g/mol. The molecule has 2 aromatic rings. The minimum atomic E-state index is -4.36. The van der Waals surface area contributed by atoms with E-state index in [0.717, 1.165) is 12.1 Å². The molecule has 7 heteroatoms. The number of ether oxygens (including phenoxy) is 1. The minimum Gasteiger partial charge on any atom is -0.456 e. The van der Waals surface area contributed by atoms with Crippen LogP contribution in [0.2, 0.25) is 0 Å². The predicted molar refractivity (Wildman–Crippen MR) is 81.5 cm³/mol. The predicted octanol–water partition coefficient (Wildman–Crippen LogP) is 4.89. The molecule has 0 bridgehead atoms. The molecule has 0 heterocycles. The maximum Gasteiger partial charge on any atom is 0.416 e. The summed E-state index contributed by atoms with van der Waals surface area (Å²) in [6, 6.07) is 9.44. The average molecular weight is 376 g/mol. The van der Waals surface area contributed by atoms with E-state index in [1.165, 1.54) is 12.1 Å². The Bertz CT molecular complexity index is 671. The Balaban J connectivity index is 2.20. The first-order valence-electron chi connectivity index (χ1n) is 5.72. The van der Waals surface area contributed by atoms with Crippen LogP contribution in [0.4, 0.5) is 13.2 Å². The van der Waals surface area contributed by atoms with Gasteiger partial charge in [-0.2, -0.15) is 13.2 Å². The van der Waals surface area contributed by atoms with Gasteiger partial charge in [-0.25, -0.2) is 0 Å². The number of nitrogens with two attached hydrogens (primary N) is 1. The summed E-state index contributed by atoms with van der Waals surface area (Å²) >= 11 is 8.15. The lowest BCUT2D eigenvalue weighted by Gasteiger charge is -2.11. The lowest BCUT2D eigenvalue weighted by molar-refractivity contribution is -0.137. The summed E-state index contributed by atoms with van der Waals surface area (Å²) in [5.41, 5.74) is 5.45. The SMILES string of the molecule is NC(=S)c1ccc(Oc2ccc(C(F)(F)F)cc2)c(Br)c1. The van der Waals surface area contributed by atoms with Gasteiger partial charge >= 0.3 is 6.18 Å². The number of benzene rings is 2. The normalized spacial score (nSPS) is 11.2. The van der Waals surface area contributed by atoms with E-state index in [1.807, 2.05) is 0 Å². The van der Waals surface area contributed by atoms with Crippen molar-refractivity contribution >= 4 is 33.1 Å². The summed E-state index contributed by atoms with van der Waals surface area (Å²) in [6.45, 7) is 0. The highest BCUT2D eigenvalue weighted by Gasteiger charge is 2.30. The zero-order valence-corrected chi connectivity index (χ0v) is 12.8. The van der Waals surface area contributed by atoms with Crippen molar-refractivity contribution in [1.82, 2.24) is 0 Å². The Kier molecular flexibility index (Phi) is 4.53. The number of rotatable bonds is 3. The molecule has 0 fully saturated rings. The van der Waals surface area contributed by atoms with Gasteiger partial charge in [-0.3, -0.25) is 0 Å². The van der Waals surface area contributed by atoms with Crippen LogP contribution in [0.5, 0.6) is 11.5 Å². The van der Waals surface area contributed by atoms with Crippen LogP contribution in [-0.4, -0.2) is 4.99 Å². The molecule has 0 aliphatic rings. The largest absolute Gasteiger partial charge is 0.456 e. The third-order valence-corrected chi connectivity index (χ3v) is 3.48. The van der Waals surface area contributed by atoms with Crippen molar-refractivity contribution in [1.29, 1.82) is 0 Å². The fourth-order valence-corrected chi connectivity index (χ4v) is 2.16. The van der Waals surface area contributed by atoms with Gasteiger partial charge in [0.2, 0.25) is 0 Å². The molecule has 21 heavy (non-hydrogen) atoms. The van der Waals surface area contributed by atoms with E-state index in [0.29, 0.717) is 21.5 Å². The van der Waals surface area contributed by atoms with Crippen molar-refractivity contribution in [2.24, 2.45) is 5.73 Å². The second-order valence-corrected chi connectivity index (χ2v) is 5.43. The van der Waals surface area contributed by atoms with Gasteiger partial charge in [-0.15, -0.1) is 0 Å². The second kappa shape index (κ2) is 6.03. The van der Waals surface area contributed by atoms with Gasteiger partial charge in [0.15, 0.2) is 0 Å². The molecular formula is C14H9BrF3NOS. The highest BCUT2D eigenvalue weighted by atomic mass is 79.9. The van der Waals surface area contributed by atoms with Crippen molar-refractivity contribution in [2.75, 3.05) is 0 Å². The van der Waals surface area contributed by atoms with E-state index in [2.05, 4.69) is 15.9 Å². The zero-order valence-electron chi connectivity index (χ0n) is 10.4. The molecule has 0 spiro atoms. The molecule has 0 aliphatic carbocycles. The van der Waals surface area contributed by atoms with Gasteiger partial charge < -0.3 is 10.5 Å². The number of halogens is 4. The van der Waals surface area contributed by atoms with Crippen molar-refractivity contribution in [3.63, 3.8) is 0 Å². The van der Waals surface area contributed by atoms with Crippen LogP contribution >= 0.6 is 28.1 Å². The Morgan fingerprint density at radius 1 is 1.10 bits per heavy atom. The molecule has 2 aromatic carbocycles. The Labute approximate surface area is 132 Å². The van der Waals surface area contributed by atoms with Gasteiger partial charge in [0, 0.05) is 5.56 Å². The third kappa shape index (κ3) is 3.95. The quantitative estimate of drug-likeness (QED) is 0.775. The molecule has 0 saturated carbocycles. The van der Waals surface area contributed by atoms with Crippen molar-refractivity contribution in [3.8, 4) is 11.5 Å². The van der Waals surface area contributed by atoms with E-state index in [4.69, 9.17) is 22.7 Å². The number of thiocarbonyl (C=S) groups is 1. The highest BCUT2D eigenvalue weighted by molar-refractivity contribution is 9.10. The maximum absolute atomic E-state index is 12.5. The minimum absolute atomic E-state index is 0.247. The molecule has 0 amide bonds. The molecule has 0 saturated heterocycles. The fourth-order valence-electron chi connectivity index (χ4n) is 1.58. The molecule has 2 nitrogen and oxygen atoms in total. The molecule has 0 unspecified atom stereocenters. The van der Waals surface area contributed by atoms with E-state index in [9.17, 15) is 13.2 Å². The van der Waals surface area contributed by atoms with Crippen LogP contribution in [0.1, 0.15) is 11.1 Å². The lowest BCUT2D eigenvalue weighted by atomic mass is 10.2. The van der Waals surface area contributed by atoms with Crippen molar-refractivity contribution in [2.45, 2.75) is 6.18 Å².